The minimum atomic E-state index is -4.84. The number of thiophene rings is 1. The molecule has 0 spiro atoms. The minimum absolute atomic E-state index is 0.00944. The van der Waals surface area contributed by atoms with Crippen molar-refractivity contribution < 1.29 is 55.6 Å². The number of aliphatic carboxylic acids is 1. The number of carboxylic acid groups (broad SMARTS) is 1. The second-order valence-electron chi connectivity index (χ2n) is 15.1. The first kappa shape index (κ1) is 42.2. The van der Waals surface area contributed by atoms with E-state index in [0.29, 0.717) is 48.3 Å². The van der Waals surface area contributed by atoms with Gasteiger partial charge in [-0.1, -0.05) is 38.0 Å². The Labute approximate surface area is 330 Å². The molecule has 17 heteroatoms. The molecule has 1 aromatic carbocycles. The Balaban J connectivity index is 1.31. The second-order valence-corrected chi connectivity index (χ2v) is 16.0. The smallest absolute Gasteiger partial charge is 0.425 e. The standard InChI is InChI=1S/C40H44F6N4O6S/c1-2-7-31-38(56-26-22-32(57-24-26)40(44,45)46,13-6-18-50(31)33(51)27-23-48-17-10-28(27)39(41,42)43)34(52)49-19-14-37(25-47,15-20-49)29-8-3-4-9-30(29)55-21-16-36(35(53)54)11-5-12-36/h3-4,8-10,17,22-24,31,33,51H,2,5-7,11-16,18-21H2,1H3,(H,53,54). The maximum atomic E-state index is 15.1. The predicted molar refractivity (Wildman–Crippen MR) is 195 cm³/mol. The Morgan fingerprint density at radius 3 is 2.35 bits per heavy atom. The van der Waals surface area contributed by atoms with E-state index in [1.54, 1.807) is 31.2 Å². The van der Waals surface area contributed by atoms with Crippen LogP contribution < -0.4 is 9.47 Å². The molecular formula is C40H44F6N4O6S. The van der Waals surface area contributed by atoms with Gasteiger partial charge in [-0.25, -0.2) is 0 Å². The highest BCUT2D eigenvalue weighted by atomic mass is 32.1. The van der Waals surface area contributed by atoms with Gasteiger partial charge in [0.05, 0.1) is 35.1 Å². The van der Waals surface area contributed by atoms with E-state index >= 15 is 4.79 Å². The fourth-order valence-electron chi connectivity index (χ4n) is 8.59. The first-order valence-corrected chi connectivity index (χ1v) is 19.8. The number of piperidine rings is 2. The summed E-state index contributed by atoms with van der Waals surface area (Å²) in [5.74, 6) is -1.30. The fraction of sp³-hybridized carbons (Fsp3) is 0.550. The molecule has 3 aliphatic rings. The third-order valence-corrected chi connectivity index (χ3v) is 12.8. The van der Waals surface area contributed by atoms with E-state index in [-0.39, 0.29) is 64.1 Å². The van der Waals surface area contributed by atoms with Crippen LogP contribution in [0, 0.1) is 16.7 Å². The van der Waals surface area contributed by atoms with Gasteiger partial charge in [0.2, 0.25) is 5.60 Å². The van der Waals surface area contributed by atoms with Gasteiger partial charge in [0.15, 0.2) is 0 Å². The number of halogens is 6. The average molecular weight is 823 g/mol. The number of alkyl halides is 6. The van der Waals surface area contributed by atoms with Crippen LogP contribution in [0.2, 0.25) is 0 Å². The van der Waals surface area contributed by atoms with Crippen molar-refractivity contribution in [2.45, 2.75) is 107 Å². The quantitative estimate of drug-likeness (QED) is 0.163. The molecule has 3 aromatic rings. The van der Waals surface area contributed by atoms with Crippen molar-refractivity contribution in [3.05, 3.63) is 75.7 Å². The van der Waals surface area contributed by atoms with Crippen LogP contribution in [-0.2, 0) is 27.4 Å². The third kappa shape index (κ3) is 8.31. The molecule has 3 atom stereocenters. The number of aliphatic hydroxyl groups is 1. The molecule has 1 amide bonds. The zero-order valence-corrected chi connectivity index (χ0v) is 32.1. The van der Waals surface area contributed by atoms with Crippen molar-refractivity contribution in [2.24, 2.45) is 5.41 Å². The van der Waals surface area contributed by atoms with Crippen LogP contribution in [-0.4, -0.2) is 74.8 Å². The van der Waals surface area contributed by atoms with Crippen molar-refractivity contribution in [2.75, 3.05) is 26.2 Å². The van der Waals surface area contributed by atoms with Crippen LogP contribution >= 0.6 is 11.3 Å². The molecule has 3 fully saturated rings. The van der Waals surface area contributed by atoms with Crippen LogP contribution in [0.25, 0.3) is 0 Å². The number of carbonyl (C=O) groups is 2. The van der Waals surface area contributed by atoms with Gasteiger partial charge in [-0.05, 0) is 63.5 Å². The summed E-state index contributed by atoms with van der Waals surface area (Å²) >= 11 is 0.380. The number of hydrogen-bond acceptors (Lipinski definition) is 9. The topological polar surface area (TPSA) is 136 Å². The molecule has 1 saturated carbocycles. The molecule has 4 heterocycles. The molecule has 10 nitrogen and oxygen atoms in total. The number of aliphatic hydroxyl groups excluding tert-OH is 1. The summed E-state index contributed by atoms with van der Waals surface area (Å²) in [5, 5.41) is 33.2. The summed E-state index contributed by atoms with van der Waals surface area (Å²) in [4.78, 5) is 32.6. The van der Waals surface area contributed by atoms with E-state index in [4.69, 9.17) is 9.47 Å². The summed E-state index contributed by atoms with van der Waals surface area (Å²) in [5.41, 5.74) is -4.96. The molecule has 0 bridgehead atoms. The number of para-hydroxylation sites is 1. The minimum Gasteiger partial charge on any atom is -0.493 e. The number of ether oxygens (including phenoxy) is 2. The monoisotopic (exact) mass is 822 g/mol. The van der Waals surface area contributed by atoms with Crippen LogP contribution in [0.5, 0.6) is 11.5 Å². The van der Waals surface area contributed by atoms with E-state index in [2.05, 4.69) is 11.1 Å². The Morgan fingerprint density at radius 2 is 1.75 bits per heavy atom. The largest absolute Gasteiger partial charge is 0.493 e. The second kappa shape index (κ2) is 16.5. The molecule has 57 heavy (non-hydrogen) atoms. The van der Waals surface area contributed by atoms with E-state index in [1.807, 2.05) is 0 Å². The van der Waals surface area contributed by atoms with E-state index in [0.717, 1.165) is 36.3 Å². The molecule has 6 rings (SSSR count). The lowest BCUT2D eigenvalue weighted by molar-refractivity contribution is -0.174. The van der Waals surface area contributed by atoms with Crippen molar-refractivity contribution in [1.82, 2.24) is 14.8 Å². The molecule has 2 aromatic heterocycles. The summed E-state index contributed by atoms with van der Waals surface area (Å²) in [6, 6.07) is 9.85. The first-order valence-electron chi connectivity index (χ1n) is 19.0. The predicted octanol–water partition coefficient (Wildman–Crippen LogP) is 8.36. The van der Waals surface area contributed by atoms with Crippen LogP contribution in [0.3, 0.4) is 0 Å². The number of carbonyl (C=O) groups excluding carboxylic acids is 1. The highest BCUT2D eigenvalue weighted by Crippen LogP contribution is 2.47. The lowest BCUT2D eigenvalue weighted by Gasteiger charge is -2.52. The molecule has 2 saturated heterocycles. The molecule has 0 radical (unpaired) electrons. The van der Waals surface area contributed by atoms with Gasteiger partial charge in [-0.3, -0.25) is 19.5 Å². The van der Waals surface area contributed by atoms with Crippen molar-refractivity contribution in [3.8, 4) is 17.6 Å². The van der Waals surface area contributed by atoms with Gasteiger partial charge < -0.3 is 24.6 Å². The van der Waals surface area contributed by atoms with Crippen molar-refractivity contribution >= 4 is 23.2 Å². The van der Waals surface area contributed by atoms with Gasteiger partial charge >= 0.3 is 18.3 Å². The number of amides is 1. The number of hydrogen-bond donors (Lipinski definition) is 2. The third-order valence-electron chi connectivity index (χ3n) is 11.9. The lowest BCUT2D eigenvalue weighted by Crippen LogP contribution is -2.68. The summed E-state index contributed by atoms with van der Waals surface area (Å²) < 4.78 is 96.2. The zero-order chi connectivity index (χ0) is 41.2. The van der Waals surface area contributed by atoms with Crippen LogP contribution in [0.4, 0.5) is 26.3 Å². The van der Waals surface area contributed by atoms with Crippen molar-refractivity contribution in [3.63, 3.8) is 0 Å². The van der Waals surface area contributed by atoms with Gasteiger partial charge in [-0.15, -0.1) is 11.3 Å². The van der Waals surface area contributed by atoms with Crippen LogP contribution in [0.15, 0.2) is 54.2 Å². The summed E-state index contributed by atoms with van der Waals surface area (Å²) in [7, 11) is 0. The SMILES string of the molecule is CCCC1N(C(O)c2cnccc2C(F)(F)F)CCCC1(Oc1csc(C(F)(F)F)c1)C(=O)N1CCC(C#N)(c2ccccc2OCCC2(C(=O)O)CCC2)CC1. The zero-order valence-electron chi connectivity index (χ0n) is 31.2. The first-order chi connectivity index (χ1) is 27.0. The van der Waals surface area contributed by atoms with Gasteiger partial charge in [0.1, 0.15) is 22.6 Å². The number of nitriles is 1. The Morgan fingerprint density at radius 1 is 1.04 bits per heavy atom. The number of carboxylic acids is 1. The number of rotatable bonds is 13. The van der Waals surface area contributed by atoms with E-state index < -0.39 is 68.9 Å². The number of benzene rings is 1. The highest BCUT2D eigenvalue weighted by Gasteiger charge is 2.57. The van der Waals surface area contributed by atoms with Crippen molar-refractivity contribution in [1.29, 1.82) is 5.26 Å². The summed E-state index contributed by atoms with van der Waals surface area (Å²) in [6.07, 6.45) is -6.39. The van der Waals surface area contributed by atoms with Gasteiger partial charge in [0.25, 0.3) is 5.91 Å². The lowest BCUT2D eigenvalue weighted by atomic mass is 9.67. The summed E-state index contributed by atoms with van der Waals surface area (Å²) in [6.45, 7) is 2.00. The molecule has 2 N–H and O–H groups in total. The molecule has 3 unspecified atom stereocenters. The van der Waals surface area contributed by atoms with E-state index in [1.165, 1.54) is 9.80 Å². The van der Waals surface area contributed by atoms with Gasteiger partial charge in [0, 0.05) is 54.6 Å². The molecule has 2 aliphatic heterocycles. The molecular weight excluding hydrogens is 779 g/mol. The van der Waals surface area contributed by atoms with Crippen LogP contribution in [0.1, 0.15) is 98.9 Å². The van der Waals surface area contributed by atoms with Gasteiger partial charge in [-0.2, -0.15) is 31.6 Å². The maximum Gasteiger partial charge on any atom is 0.425 e. The Hall–Kier alpha value is -4.40. The number of likely N-dealkylation sites (tertiary alicyclic amines) is 2. The maximum absolute atomic E-state index is 15.1. The molecule has 308 valence electrons. The number of aromatic nitrogens is 1. The van der Waals surface area contributed by atoms with E-state index in [9.17, 15) is 46.6 Å². The normalized spacial score (nSPS) is 22.9. The Bertz CT molecular complexity index is 1950. The highest BCUT2D eigenvalue weighted by molar-refractivity contribution is 7.10. The Kier molecular flexibility index (Phi) is 12.2. The molecule has 1 aliphatic carbocycles. The average Bonchev–Trinajstić information content (AvgIpc) is 3.65. The fourth-order valence-corrected chi connectivity index (χ4v) is 9.27. The number of pyridine rings is 1. The number of nitrogens with zero attached hydrogens (tertiary/aromatic N) is 4.